The zero-order chi connectivity index (χ0) is 23.7. The predicted molar refractivity (Wildman–Crippen MR) is 126 cm³/mol. The van der Waals surface area contributed by atoms with Gasteiger partial charge in [-0.2, -0.15) is 0 Å². The molecule has 2 unspecified atom stereocenters. The van der Waals surface area contributed by atoms with Crippen LogP contribution in [0.3, 0.4) is 0 Å². The van der Waals surface area contributed by atoms with Gasteiger partial charge in [-0.25, -0.2) is 9.59 Å². The molecule has 2 atom stereocenters. The lowest BCUT2D eigenvalue weighted by molar-refractivity contribution is -0.142. The van der Waals surface area contributed by atoms with Gasteiger partial charge in [-0.3, -0.25) is 4.79 Å². The van der Waals surface area contributed by atoms with Gasteiger partial charge < -0.3 is 20.5 Å². The lowest BCUT2D eigenvalue weighted by Gasteiger charge is -2.20. The number of alkyl carbamates (subject to hydrolysis) is 1. The Kier molecular flexibility index (Phi) is 6.26. The molecule has 178 valence electrons. The summed E-state index contributed by atoms with van der Waals surface area (Å²) in [6.07, 6.45) is 3.45. The van der Waals surface area contributed by atoms with Crippen LogP contribution in [-0.4, -0.2) is 42.3 Å². The van der Waals surface area contributed by atoms with E-state index >= 15 is 0 Å². The molecule has 0 aromatic heterocycles. The van der Waals surface area contributed by atoms with Gasteiger partial charge in [0.2, 0.25) is 5.91 Å². The van der Waals surface area contributed by atoms with Crippen molar-refractivity contribution in [2.75, 3.05) is 13.2 Å². The molecule has 2 amide bonds. The molecule has 2 fully saturated rings. The molecule has 7 nitrogen and oxygen atoms in total. The van der Waals surface area contributed by atoms with Crippen LogP contribution in [0.4, 0.5) is 4.79 Å². The van der Waals surface area contributed by atoms with Crippen LogP contribution in [0, 0.1) is 17.8 Å². The number of carbonyl (C=O) groups is 3. The second kappa shape index (κ2) is 9.49. The van der Waals surface area contributed by atoms with Gasteiger partial charge in [0.1, 0.15) is 12.6 Å². The number of nitrogens with one attached hydrogen (secondary N) is 2. The lowest BCUT2D eigenvalue weighted by atomic mass is 9.98. The molecule has 5 rings (SSSR count). The number of ether oxygens (including phenoxy) is 1. The minimum Gasteiger partial charge on any atom is -0.480 e. The van der Waals surface area contributed by atoms with Crippen molar-refractivity contribution in [1.29, 1.82) is 0 Å². The SMILES string of the molecule is O=C(CC(CNC(=O)OCC1c2ccccc2-c2ccccc21)C1CC1)NC(C(=O)O)C1CC1. The van der Waals surface area contributed by atoms with Crippen molar-refractivity contribution in [3.05, 3.63) is 59.7 Å². The maximum absolute atomic E-state index is 12.5. The fraction of sp³-hybridized carbons (Fsp3) is 0.444. The van der Waals surface area contributed by atoms with Crippen molar-refractivity contribution in [3.63, 3.8) is 0 Å². The highest BCUT2D eigenvalue weighted by Crippen LogP contribution is 2.44. The van der Waals surface area contributed by atoms with Crippen LogP contribution in [-0.2, 0) is 14.3 Å². The van der Waals surface area contributed by atoms with E-state index in [2.05, 4.69) is 34.9 Å². The van der Waals surface area contributed by atoms with E-state index < -0.39 is 18.1 Å². The number of benzene rings is 2. The quantitative estimate of drug-likeness (QED) is 0.496. The highest BCUT2D eigenvalue weighted by molar-refractivity contribution is 5.84. The number of hydrogen-bond donors (Lipinski definition) is 3. The number of rotatable bonds is 10. The molecule has 2 aromatic rings. The van der Waals surface area contributed by atoms with Crippen molar-refractivity contribution >= 4 is 18.0 Å². The molecule has 3 N–H and O–H groups in total. The number of aliphatic carboxylic acids is 1. The van der Waals surface area contributed by atoms with Crippen LogP contribution in [0.5, 0.6) is 0 Å². The van der Waals surface area contributed by atoms with Gasteiger partial charge in [-0.05, 0) is 65.7 Å². The summed E-state index contributed by atoms with van der Waals surface area (Å²) in [6.45, 7) is 0.589. The van der Waals surface area contributed by atoms with Gasteiger partial charge in [0.15, 0.2) is 0 Å². The van der Waals surface area contributed by atoms with Crippen LogP contribution in [0.15, 0.2) is 48.5 Å². The smallest absolute Gasteiger partial charge is 0.407 e. The van der Waals surface area contributed by atoms with E-state index in [4.69, 9.17) is 4.74 Å². The van der Waals surface area contributed by atoms with Gasteiger partial charge in [0.25, 0.3) is 0 Å². The first-order valence-electron chi connectivity index (χ1n) is 12.1. The summed E-state index contributed by atoms with van der Waals surface area (Å²) in [4.78, 5) is 36.4. The molecule has 7 heteroatoms. The van der Waals surface area contributed by atoms with Crippen molar-refractivity contribution in [1.82, 2.24) is 10.6 Å². The minimum absolute atomic E-state index is 0.00136. The first-order chi connectivity index (χ1) is 16.5. The third-order valence-electron chi connectivity index (χ3n) is 7.26. The summed E-state index contributed by atoms with van der Waals surface area (Å²) >= 11 is 0. The molecule has 0 aliphatic heterocycles. The second-order valence-corrected chi connectivity index (χ2v) is 9.73. The van der Waals surface area contributed by atoms with Crippen LogP contribution < -0.4 is 10.6 Å². The Labute approximate surface area is 198 Å². The summed E-state index contributed by atoms with van der Waals surface area (Å²) in [5, 5.41) is 14.9. The summed E-state index contributed by atoms with van der Waals surface area (Å²) in [6, 6.07) is 15.6. The molecule has 0 bridgehead atoms. The molecule has 0 heterocycles. The molecule has 0 radical (unpaired) electrons. The molecule has 3 aliphatic rings. The van der Waals surface area contributed by atoms with E-state index in [0.29, 0.717) is 12.5 Å². The van der Waals surface area contributed by atoms with Gasteiger partial charge in [-0.1, -0.05) is 48.5 Å². The molecule has 0 spiro atoms. The monoisotopic (exact) mass is 462 g/mol. The summed E-state index contributed by atoms with van der Waals surface area (Å²) in [7, 11) is 0. The molecular formula is C27H30N2O5. The Hall–Kier alpha value is -3.35. The number of carboxylic acids is 1. The van der Waals surface area contributed by atoms with Crippen molar-refractivity contribution in [2.45, 2.75) is 44.1 Å². The fourth-order valence-electron chi connectivity index (χ4n) is 5.12. The Morgan fingerprint density at radius 1 is 0.912 bits per heavy atom. The zero-order valence-corrected chi connectivity index (χ0v) is 19.0. The van der Waals surface area contributed by atoms with Crippen molar-refractivity contribution in [2.24, 2.45) is 17.8 Å². The summed E-state index contributed by atoms with van der Waals surface area (Å²) < 4.78 is 5.60. The van der Waals surface area contributed by atoms with Crippen molar-refractivity contribution < 1.29 is 24.2 Å². The summed E-state index contributed by atoms with van der Waals surface area (Å²) in [5.74, 6) is -0.836. The minimum atomic E-state index is -0.976. The van der Waals surface area contributed by atoms with E-state index in [0.717, 1.165) is 36.8 Å². The third kappa shape index (κ3) is 4.93. The molecular weight excluding hydrogens is 432 g/mol. The molecule has 3 aliphatic carbocycles. The number of amides is 2. The topological polar surface area (TPSA) is 105 Å². The van der Waals surface area contributed by atoms with Gasteiger partial charge in [0, 0.05) is 18.9 Å². The second-order valence-electron chi connectivity index (χ2n) is 9.73. The fourth-order valence-corrected chi connectivity index (χ4v) is 5.12. The average molecular weight is 463 g/mol. The van der Waals surface area contributed by atoms with E-state index in [9.17, 15) is 19.5 Å². The van der Waals surface area contributed by atoms with Crippen molar-refractivity contribution in [3.8, 4) is 11.1 Å². The zero-order valence-electron chi connectivity index (χ0n) is 19.0. The summed E-state index contributed by atoms with van der Waals surface area (Å²) in [5.41, 5.74) is 4.68. The Bertz CT molecular complexity index is 1050. The number of fused-ring (bicyclic) bond motifs is 3. The predicted octanol–water partition coefficient (Wildman–Crippen LogP) is 3.92. The number of carboxylic acid groups (broad SMARTS) is 1. The van der Waals surface area contributed by atoms with Gasteiger partial charge in [0.05, 0.1) is 0 Å². The maximum atomic E-state index is 12.5. The van der Waals surface area contributed by atoms with Crippen LogP contribution in [0.2, 0.25) is 0 Å². The third-order valence-corrected chi connectivity index (χ3v) is 7.26. The van der Waals surface area contributed by atoms with E-state index in [1.807, 2.05) is 24.3 Å². The Morgan fingerprint density at radius 3 is 2.06 bits per heavy atom. The molecule has 34 heavy (non-hydrogen) atoms. The van der Waals surface area contributed by atoms with Crippen LogP contribution in [0.25, 0.3) is 11.1 Å². The Balaban J connectivity index is 1.13. The van der Waals surface area contributed by atoms with Gasteiger partial charge >= 0.3 is 12.1 Å². The normalized spacial score (nSPS) is 18.4. The van der Waals surface area contributed by atoms with Gasteiger partial charge in [-0.15, -0.1) is 0 Å². The van der Waals surface area contributed by atoms with E-state index in [-0.39, 0.29) is 36.7 Å². The first-order valence-corrected chi connectivity index (χ1v) is 12.1. The lowest BCUT2D eigenvalue weighted by Crippen LogP contribution is -2.43. The first kappa shape index (κ1) is 22.4. The molecule has 2 aromatic carbocycles. The number of hydrogen-bond acceptors (Lipinski definition) is 4. The van der Waals surface area contributed by atoms with Crippen LogP contribution in [0.1, 0.15) is 49.1 Å². The van der Waals surface area contributed by atoms with E-state index in [1.165, 1.54) is 11.1 Å². The average Bonchev–Trinajstić information content (AvgIpc) is 3.75. The highest BCUT2D eigenvalue weighted by Gasteiger charge is 2.39. The standard InChI is InChI=1S/C27H30N2O5/c30-24(29-25(26(31)32)17-11-12-17)13-18(16-9-10-16)14-28-27(33)34-15-23-21-7-3-1-5-19(21)20-6-2-4-8-22(20)23/h1-8,16-18,23,25H,9-15H2,(H,28,33)(H,29,30)(H,31,32). The Morgan fingerprint density at radius 2 is 1.50 bits per heavy atom. The number of carbonyl (C=O) groups excluding carboxylic acids is 2. The largest absolute Gasteiger partial charge is 0.480 e. The maximum Gasteiger partial charge on any atom is 0.407 e. The van der Waals surface area contributed by atoms with Crippen LogP contribution >= 0.6 is 0 Å². The highest BCUT2D eigenvalue weighted by atomic mass is 16.5. The van der Waals surface area contributed by atoms with E-state index in [1.54, 1.807) is 0 Å². The molecule has 2 saturated carbocycles. The molecule has 0 saturated heterocycles.